The molecule has 2 N–H and O–H groups in total. The van der Waals surface area contributed by atoms with E-state index in [0.29, 0.717) is 6.54 Å². The lowest BCUT2D eigenvalue weighted by Crippen LogP contribution is -2.44. The van der Waals surface area contributed by atoms with Gasteiger partial charge >= 0.3 is 0 Å². The maximum Gasteiger partial charge on any atom is 0.191 e. The van der Waals surface area contributed by atoms with Gasteiger partial charge in [0, 0.05) is 45.5 Å². The molecule has 164 valence electrons. The number of aromatic nitrogens is 1. The van der Waals surface area contributed by atoms with Crippen molar-refractivity contribution in [3.63, 3.8) is 0 Å². The van der Waals surface area contributed by atoms with Crippen molar-refractivity contribution in [2.75, 3.05) is 44.7 Å². The zero-order valence-corrected chi connectivity index (χ0v) is 20.9. The number of rotatable bonds is 6. The van der Waals surface area contributed by atoms with Crippen LogP contribution in [0.15, 0.2) is 41.5 Å². The molecule has 0 unspecified atom stereocenters. The number of benzene rings is 1. The maximum atomic E-state index is 4.78. The summed E-state index contributed by atoms with van der Waals surface area (Å²) in [6, 6.07) is 10.8. The molecular formula is C23H35IN6. The Hall–Kier alpha value is -1.87. The summed E-state index contributed by atoms with van der Waals surface area (Å²) in [4.78, 5) is 14.1. The van der Waals surface area contributed by atoms with Gasteiger partial charge in [-0.15, -0.1) is 24.0 Å². The molecule has 0 amide bonds. The largest absolute Gasteiger partial charge is 0.357 e. The number of halogens is 1. The summed E-state index contributed by atoms with van der Waals surface area (Å²) in [5.74, 6) is 1.89. The van der Waals surface area contributed by atoms with Gasteiger partial charge in [-0.25, -0.2) is 9.98 Å². The molecule has 1 aliphatic heterocycles. The van der Waals surface area contributed by atoms with Crippen molar-refractivity contribution in [3.8, 4) is 0 Å². The summed E-state index contributed by atoms with van der Waals surface area (Å²) >= 11 is 0. The molecule has 7 heteroatoms. The number of anilines is 1. The molecule has 6 nitrogen and oxygen atoms in total. The summed E-state index contributed by atoms with van der Waals surface area (Å²) in [6.07, 6.45) is 1.90. The summed E-state index contributed by atoms with van der Waals surface area (Å²) < 4.78 is 0. The number of pyridine rings is 1. The van der Waals surface area contributed by atoms with Crippen LogP contribution in [0.25, 0.3) is 0 Å². The lowest BCUT2D eigenvalue weighted by molar-refractivity contribution is 0.312. The van der Waals surface area contributed by atoms with Crippen molar-refractivity contribution >= 4 is 35.8 Å². The van der Waals surface area contributed by atoms with Crippen LogP contribution in [0.3, 0.4) is 0 Å². The molecule has 0 atom stereocenters. The number of aryl methyl sites for hydroxylation is 2. The van der Waals surface area contributed by atoms with E-state index >= 15 is 0 Å². The molecule has 30 heavy (non-hydrogen) atoms. The van der Waals surface area contributed by atoms with Crippen molar-refractivity contribution < 1.29 is 0 Å². The Morgan fingerprint density at radius 3 is 2.53 bits per heavy atom. The number of nitrogens with one attached hydrogen (secondary N) is 2. The molecule has 2 aromatic rings. The first-order chi connectivity index (χ1) is 14.0. The molecule has 3 rings (SSSR count). The molecule has 0 bridgehead atoms. The van der Waals surface area contributed by atoms with Crippen LogP contribution >= 0.6 is 24.0 Å². The summed E-state index contributed by atoms with van der Waals surface area (Å²) in [6.45, 7) is 12.8. The van der Waals surface area contributed by atoms with E-state index in [9.17, 15) is 0 Å². The predicted octanol–water partition coefficient (Wildman–Crippen LogP) is 3.32. The number of guanidine groups is 1. The maximum absolute atomic E-state index is 4.78. The second kappa shape index (κ2) is 12.1. The fraction of sp³-hybridized carbons (Fsp3) is 0.478. The minimum atomic E-state index is 0. The second-order valence-electron chi connectivity index (χ2n) is 7.79. The number of hydrogen-bond donors (Lipinski definition) is 2. The minimum absolute atomic E-state index is 0. The standard InChI is InChI=1S/C23H34N6.HI/c1-5-24-23(27-17-21-7-6-18(2)14-19(21)3)26-16-20-8-9-25-22(15-20)29-12-10-28(4)11-13-29;/h6-9,14-15H,5,10-13,16-17H2,1-4H3,(H2,24,26,27);1H. The van der Waals surface area contributed by atoms with E-state index in [-0.39, 0.29) is 24.0 Å². The van der Waals surface area contributed by atoms with Gasteiger partial charge in [0.05, 0.1) is 6.54 Å². The normalized spacial score (nSPS) is 14.9. The van der Waals surface area contributed by atoms with Gasteiger partial charge in [0.15, 0.2) is 5.96 Å². The number of likely N-dealkylation sites (N-methyl/N-ethyl adjacent to an activating group) is 1. The van der Waals surface area contributed by atoms with E-state index in [1.54, 1.807) is 0 Å². The molecule has 0 radical (unpaired) electrons. The van der Waals surface area contributed by atoms with Crippen molar-refractivity contribution in [1.82, 2.24) is 20.5 Å². The van der Waals surface area contributed by atoms with Gasteiger partial charge in [-0.2, -0.15) is 0 Å². The number of nitrogens with zero attached hydrogens (tertiary/aromatic N) is 4. The molecule has 1 aliphatic rings. The summed E-state index contributed by atoms with van der Waals surface area (Å²) in [7, 11) is 2.17. The van der Waals surface area contributed by atoms with E-state index in [0.717, 1.165) is 51.0 Å². The van der Waals surface area contributed by atoms with Gasteiger partial charge in [-0.05, 0) is 56.6 Å². The smallest absolute Gasteiger partial charge is 0.191 e. The number of hydrogen-bond acceptors (Lipinski definition) is 4. The molecule has 0 saturated carbocycles. The number of piperazine rings is 1. The molecule has 1 aromatic carbocycles. The van der Waals surface area contributed by atoms with E-state index < -0.39 is 0 Å². The highest BCUT2D eigenvalue weighted by molar-refractivity contribution is 14.0. The third-order valence-corrected chi connectivity index (χ3v) is 5.35. The third-order valence-electron chi connectivity index (χ3n) is 5.35. The average molecular weight is 522 g/mol. The number of aliphatic imine (C=N–C) groups is 1. The monoisotopic (exact) mass is 522 g/mol. The Kier molecular flexibility index (Phi) is 9.84. The highest BCUT2D eigenvalue weighted by Gasteiger charge is 2.15. The lowest BCUT2D eigenvalue weighted by atomic mass is 10.1. The van der Waals surface area contributed by atoms with Crippen LogP contribution in [0.1, 0.15) is 29.2 Å². The Balaban J connectivity index is 0.00000320. The van der Waals surface area contributed by atoms with Gasteiger partial charge in [-0.3, -0.25) is 0 Å². The van der Waals surface area contributed by atoms with Crippen molar-refractivity contribution in [3.05, 3.63) is 58.8 Å². The molecule has 1 fully saturated rings. The van der Waals surface area contributed by atoms with Crippen LogP contribution in [-0.2, 0) is 13.1 Å². The van der Waals surface area contributed by atoms with E-state index in [2.05, 4.69) is 83.6 Å². The van der Waals surface area contributed by atoms with Crippen LogP contribution in [0.2, 0.25) is 0 Å². The van der Waals surface area contributed by atoms with E-state index in [1.165, 1.54) is 22.3 Å². The van der Waals surface area contributed by atoms with Gasteiger partial charge in [0.2, 0.25) is 0 Å². The Morgan fingerprint density at radius 2 is 1.83 bits per heavy atom. The van der Waals surface area contributed by atoms with Crippen LogP contribution in [0.5, 0.6) is 0 Å². The zero-order chi connectivity index (χ0) is 20.6. The van der Waals surface area contributed by atoms with Crippen LogP contribution in [0, 0.1) is 13.8 Å². The lowest BCUT2D eigenvalue weighted by Gasteiger charge is -2.33. The average Bonchev–Trinajstić information content (AvgIpc) is 2.72. The van der Waals surface area contributed by atoms with Gasteiger partial charge in [-0.1, -0.05) is 23.8 Å². The molecule has 2 heterocycles. The van der Waals surface area contributed by atoms with Crippen LogP contribution < -0.4 is 15.5 Å². The van der Waals surface area contributed by atoms with Crippen LogP contribution in [0.4, 0.5) is 5.82 Å². The van der Waals surface area contributed by atoms with Crippen molar-refractivity contribution in [2.45, 2.75) is 33.9 Å². The topological polar surface area (TPSA) is 55.8 Å². The third kappa shape index (κ3) is 7.12. The van der Waals surface area contributed by atoms with E-state index in [4.69, 9.17) is 4.99 Å². The molecular weight excluding hydrogens is 487 g/mol. The Bertz CT molecular complexity index is 830. The minimum Gasteiger partial charge on any atom is -0.357 e. The molecule has 1 aromatic heterocycles. The Labute approximate surface area is 198 Å². The van der Waals surface area contributed by atoms with Gasteiger partial charge < -0.3 is 20.4 Å². The SMILES string of the molecule is CCNC(=NCc1ccnc(N2CCN(C)CC2)c1)NCc1ccc(C)cc1C.I. The predicted molar refractivity (Wildman–Crippen MR) is 137 cm³/mol. The van der Waals surface area contributed by atoms with Crippen molar-refractivity contribution in [2.24, 2.45) is 4.99 Å². The fourth-order valence-corrected chi connectivity index (χ4v) is 3.50. The first-order valence-corrected chi connectivity index (χ1v) is 10.5. The highest BCUT2D eigenvalue weighted by Crippen LogP contribution is 2.15. The fourth-order valence-electron chi connectivity index (χ4n) is 3.50. The highest BCUT2D eigenvalue weighted by atomic mass is 127. The molecule has 0 spiro atoms. The second-order valence-corrected chi connectivity index (χ2v) is 7.79. The first-order valence-electron chi connectivity index (χ1n) is 10.5. The summed E-state index contributed by atoms with van der Waals surface area (Å²) in [5.41, 5.74) is 5.07. The van der Waals surface area contributed by atoms with Crippen LogP contribution in [-0.4, -0.2) is 55.6 Å². The first kappa shape index (κ1) is 24.4. The zero-order valence-electron chi connectivity index (χ0n) is 18.6. The summed E-state index contributed by atoms with van der Waals surface area (Å²) in [5, 5.41) is 6.80. The molecule has 1 saturated heterocycles. The quantitative estimate of drug-likeness (QED) is 0.347. The van der Waals surface area contributed by atoms with Gasteiger partial charge in [0.1, 0.15) is 5.82 Å². The molecule has 0 aliphatic carbocycles. The van der Waals surface area contributed by atoms with E-state index in [1.807, 2.05) is 6.20 Å². The Morgan fingerprint density at radius 1 is 1.07 bits per heavy atom. The van der Waals surface area contributed by atoms with Gasteiger partial charge in [0.25, 0.3) is 0 Å². The van der Waals surface area contributed by atoms with Crippen molar-refractivity contribution in [1.29, 1.82) is 0 Å².